The van der Waals surface area contributed by atoms with Crippen molar-refractivity contribution in [2.24, 2.45) is 23.5 Å². The first-order chi connectivity index (χ1) is 8.10. The van der Waals surface area contributed by atoms with Crippen LogP contribution >= 0.6 is 0 Å². The summed E-state index contributed by atoms with van der Waals surface area (Å²) in [6, 6.07) is 0. The van der Waals surface area contributed by atoms with Crippen molar-refractivity contribution in [3.8, 4) is 0 Å². The van der Waals surface area contributed by atoms with Gasteiger partial charge in [-0.25, -0.2) is 0 Å². The third kappa shape index (κ3) is 2.39. The Morgan fingerprint density at radius 1 is 1.29 bits per heavy atom. The van der Waals surface area contributed by atoms with Crippen LogP contribution in [0.4, 0.5) is 0 Å². The summed E-state index contributed by atoms with van der Waals surface area (Å²) in [6.07, 6.45) is 6.88. The fraction of sp³-hybridized carbons (Fsp3) is 1.00. The number of hydrogen-bond donors (Lipinski definition) is 1. The lowest BCUT2D eigenvalue weighted by atomic mass is 9.67. The summed E-state index contributed by atoms with van der Waals surface area (Å²) in [7, 11) is 0. The molecular formula is C15H30N2. The van der Waals surface area contributed by atoms with Crippen molar-refractivity contribution in [3.05, 3.63) is 0 Å². The van der Waals surface area contributed by atoms with E-state index in [0.29, 0.717) is 5.54 Å². The van der Waals surface area contributed by atoms with Crippen molar-refractivity contribution in [2.45, 2.75) is 58.4 Å². The predicted molar refractivity (Wildman–Crippen MR) is 73.9 cm³/mol. The molecule has 0 bridgehead atoms. The van der Waals surface area contributed by atoms with Crippen LogP contribution in [0.2, 0.25) is 0 Å². The minimum atomic E-state index is 0.331. The van der Waals surface area contributed by atoms with Gasteiger partial charge in [0.15, 0.2) is 0 Å². The number of rotatable bonds is 3. The Bertz CT molecular complexity index is 251. The summed E-state index contributed by atoms with van der Waals surface area (Å²) >= 11 is 0. The first-order valence-corrected chi connectivity index (χ1v) is 7.55. The number of hydrogen-bond acceptors (Lipinski definition) is 2. The lowest BCUT2D eigenvalue weighted by Crippen LogP contribution is -2.60. The van der Waals surface area contributed by atoms with Gasteiger partial charge >= 0.3 is 0 Å². The Kier molecular flexibility index (Phi) is 4.14. The molecule has 0 aromatic carbocycles. The van der Waals surface area contributed by atoms with Crippen molar-refractivity contribution < 1.29 is 0 Å². The highest BCUT2D eigenvalue weighted by Gasteiger charge is 2.46. The summed E-state index contributed by atoms with van der Waals surface area (Å²) in [6.45, 7) is 10.6. The van der Waals surface area contributed by atoms with Gasteiger partial charge in [-0.05, 0) is 43.6 Å². The number of nitrogens with two attached hydrogens (primary N) is 1. The van der Waals surface area contributed by atoms with Crippen LogP contribution in [0.15, 0.2) is 0 Å². The van der Waals surface area contributed by atoms with Gasteiger partial charge in [-0.1, -0.05) is 33.6 Å². The third-order valence-corrected chi connectivity index (χ3v) is 5.28. The highest BCUT2D eigenvalue weighted by atomic mass is 15.2. The Hall–Kier alpha value is -0.0800. The van der Waals surface area contributed by atoms with Crippen molar-refractivity contribution >= 4 is 0 Å². The maximum Gasteiger partial charge on any atom is 0.0362 e. The molecule has 2 fully saturated rings. The molecule has 3 unspecified atom stereocenters. The molecular weight excluding hydrogens is 208 g/mol. The van der Waals surface area contributed by atoms with Crippen LogP contribution in [-0.4, -0.2) is 30.1 Å². The normalized spacial score (nSPS) is 40.1. The predicted octanol–water partition coefficient (Wildman–Crippen LogP) is 2.87. The molecule has 0 amide bonds. The van der Waals surface area contributed by atoms with E-state index in [-0.39, 0.29) is 0 Å². The maximum atomic E-state index is 6.25. The molecule has 1 aliphatic carbocycles. The van der Waals surface area contributed by atoms with Gasteiger partial charge in [0.25, 0.3) is 0 Å². The molecule has 3 atom stereocenters. The van der Waals surface area contributed by atoms with E-state index in [4.69, 9.17) is 5.73 Å². The monoisotopic (exact) mass is 238 g/mol. The van der Waals surface area contributed by atoms with E-state index in [1.54, 1.807) is 0 Å². The van der Waals surface area contributed by atoms with Crippen molar-refractivity contribution in [1.82, 2.24) is 4.90 Å². The van der Waals surface area contributed by atoms with Crippen LogP contribution in [0.5, 0.6) is 0 Å². The summed E-state index contributed by atoms with van der Waals surface area (Å²) in [5.74, 6) is 2.45. The van der Waals surface area contributed by atoms with Crippen LogP contribution < -0.4 is 5.73 Å². The number of likely N-dealkylation sites (tertiary alicyclic amines) is 1. The second-order valence-electron chi connectivity index (χ2n) is 6.74. The summed E-state index contributed by atoms with van der Waals surface area (Å²) in [5.41, 5.74) is 6.58. The molecule has 0 aromatic rings. The molecule has 0 spiro atoms. The standard InChI is InChI=1S/C15H30N2/c1-12(2)14-6-4-5-8-15(14,11-16)17-9-7-13(3)10-17/h12-14H,4-11,16H2,1-3H3. The Labute approximate surface area is 107 Å². The van der Waals surface area contributed by atoms with E-state index in [2.05, 4.69) is 25.7 Å². The highest BCUT2D eigenvalue weighted by Crippen LogP contribution is 2.43. The van der Waals surface area contributed by atoms with E-state index >= 15 is 0 Å². The van der Waals surface area contributed by atoms with Gasteiger partial charge < -0.3 is 5.73 Å². The average molecular weight is 238 g/mol. The lowest BCUT2D eigenvalue weighted by molar-refractivity contribution is -0.000380. The second-order valence-corrected chi connectivity index (χ2v) is 6.74. The van der Waals surface area contributed by atoms with Gasteiger partial charge in [0.05, 0.1) is 0 Å². The van der Waals surface area contributed by atoms with E-state index in [1.165, 1.54) is 45.2 Å². The average Bonchev–Trinajstić information content (AvgIpc) is 2.76. The smallest absolute Gasteiger partial charge is 0.0362 e. The zero-order chi connectivity index (χ0) is 12.5. The van der Waals surface area contributed by atoms with Gasteiger partial charge in [-0.2, -0.15) is 0 Å². The fourth-order valence-electron chi connectivity index (χ4n) is 4.32. The SMILES string of the molecule is CC1CCN(C2(CN)CCCCC2C(C)C)C1. The molecule has 2 nitrogen and oxygen atoms in total. The fourth-order valence-corrected chi connectivity index (χ4v) is 4.32. The lowest BCUT2D eigenvalue weighted by Gasteiger charge is -2.51. The minimum Gasteiger partial charge on any atom is -0.329 e. The molecule has 1 saturated carbocycles. The van der Waals surface area contributed by atoms with Gasteiger partial charge in [-0.3, -0.25) is 4.90 Å². The largest absolute Gasteiger partial charge is 0.329 e. The molecule has 2 rings (SSSR count). The minimum absolute atomic E-state index is 0.331. The second kappa shape index (κ2) is 5.27. The van der Waals surface area contributed by atoms with Crippen LogP contribution in [0.3, 0.4) is 0 Å². The molecule has 17 heavy (non-hydrogen) atoms. The maximum absolute atomic E-state index is 6.25. The first-order valence-electron chi connectivity index (χ1n) is 7.55. The Morgan fingerprint density at radius 2 is 2.06 bits per heavy atom. The summed E-state index contributed by atoms with van der Waals surface area (Å²) in [5, 5.41) is 0. The van der Waals surface area contributed by atoms with Crippen molar-refractivity contribution in [1.29, 1.82) is 0 Å². The molecule has 1 aliphatic heterocycles. The van der Waals surface area contributed by atoms with Crippen LogP contribution in [0.1, 0.15) is 52.9 Å². The van der Waals surface area contributed by atoms with E-state index < -0.39 is 0 Å². The van der Waals surface area contributed by atoms with E-state index in [9.17, 15) is 0 Å². The third-order valence-electron chi connectivity index (χ3n) is 5.28. The Balaban J connectivity index is 2.20. The highest BCUT2D eigenvalue weighted by molar-refractivity contribution is 5.02. The molecule has 100 valence electrons. The quantitative estimate of drug-likeness (QED) is 0.819. The zero-order valence-corrected chi connectivity index (χ0v) is 11.9. The summed E-state index contributed by atoms with van der Waals surface area (Å²) in [4.78, 5) is 2.75. The first kappa shape index (κ1) is 13.4. The zero-order valence-electron chi connectivity index (χ0n) is 11.9. The molecule has 1 saturated heterocycles. The van der Waals surface area contributed by atoms with Gasteiger partial charge in [0.1, 0.15) is 0 Å². The van der Waals surface area contributed by atoms with Crippen molar-refractivity contribution in [3.63, 3.8) is 0 Å². The van der Waals surface area contributed by atoms with Crippen LogP contribution in [-0.2, 0) is 0 Å². The van der Waals surface area contributed by atoms with Gasteiger partial charge in [-0.15, -0.1) is 0 Å². The van der Waals surface area contributed by atoms with Crippen molar-refractivity contribution in [2.75, 3.05) is 19.6 Å². The molecule has 2 aliphatic rings. The Morgan fingerprint density at radius 3 is 2.59 bits per heavy atom. The molecule has 1 heterocycles. The number of nitrogens with zero attached hydrogens (tertiary/aromatic N) is 1. The molecule has 2 N–H and O–H groups in total. The summed E-state index contributed by atoms with van der Waals surface area (Å²) < 4.78 is 0. The van der Waals surface area contributed by atoms with Gasteiger partial charge in [0, 0.05) is 18.6 Å². The topological polar surface area (TPSA) is 29.3 Å². The molecule has 2 heteroatoms. The van der Waals surface area contributed by atoms with Crippen LogP contribution in [0.25, 0.3) is 0 Å². The van der Waals surface area contributed by atoms with Gasteiger partial charge in [0.2, 0.25) is 0 Å². The van der Waals surface area contributed by atoms with E-state index in [1.807, 2.05) is 0 Å². The van der Waals surface area contributed by atoms with Crippen LogP contribution in [0, 0.1) is 17.8 Å². The molecule has 0 radical (unpaired) electrons. The van der Waals surface area contributed by atoms with E-state index in [0.717, 1.165) is 24.3 Å². The molecule has 0 aromatic heterocycles.